The molecule has 0 saturated carbocycles. The lowest BCUT2D eigenvalue weighted by Crippen LogP contribution is -2.08. The van der Waals surface area contributed by atoms with Gasteiger partial charge in [0.2, 0.25) is 5.89 Å². The van der Waals surface area contributed by atoms with E-state index in [9.17, 15) is 0 Å². The first-order valence-corrected chi connectivity index (χ1v) is 7.95. The summed E-state index contributed by atoms with van der Waals surface area (Å²) in [5.74, 6) is 2.48. The number of benzene rings is 1. The van der Waals surface area contributed by atoms with Crippen LogP contribution in [-0.2, 0) is 0 Å². The molecule has 2 heterocycles. The molecule has 120 valence electrons. The minimum absolute atomic E-state index is 0.154. The molecule has 0 amide bonds. The summed E-state index contributed by atoms with van der Waals surface area (Å²) >= 11 is 1.56. The van der Waals surface area contributed by atoms with Gasteiger partial charge in [0.15, 0.2) is 0 Å². The van der Waals surface area contributed by atoms with Crippen molar-refractivity contribution in [3.05, 3.63) is 41.6 Å². The van der Waals surface area contributed by atoms with Crippen LogP contribution in [0.5, 0.6) is 11.5 Å². The number of methoxy groups -OCH3 is 2. The number of anilines is 1. The summed E-state index contributed by atoms with van der Waals surface area (Å²) in [6.07, 6.45) is 0. The zero-order valence-corrected chi connectivity index (χ0v) is 13.9. The number of ether oxygens (including phenoxy) is 2. The average molecular weight is 331 g/mol. The van der Waals surface area contributed by atoms with Gasteiger partial charge in [-0.05, 0) is 30.5 Å². The van der Waals surface area contributed by atoms with Gasteiger partial charge in [0, 0.05) is 6.07 Å². The Morgan fingerprint density at radius 2 is 2.04 bits per heavy atom. The van der Waals surface area contributed by atoms with Crippen LogP contribution in [0.15, 0.2) is 40.1 Å². The summed E-state index contributed by atoms with van der Waals surface area (Å²) in [6.45, 7) is 1.95. The fourth-order valence-electron chi connectivity index (χ4n) is 2.12. The molecule has 0 unspecified atom stereocenters. The molecular weight excluding hydrogens is 314 g/mol. The van der Waals surface area contributed by atoms with E-state index in [0.29, 0.717) is 17.5 Å². The van der Waals surface area contributed by atoms with Crippen LogP contribution in [-0.4, -0.2) is 24.4 Å². The number of nitrogens with one attached hydrogen (secondary N) is 1. The topological polar surface area (TPSA) is 69.4 Å². The van der Waals surface area contributed by atoms with Crippen molar-refractivity contribution < 1.29 is 13.9 Å². The molecule has 0 bridgehead atoms. The molecule has 1 atom stereocenters. The van der Waals surface area contributed by atoms with Crippen molar-refractivity contribution in [2.75, 3.05) is 19.5 Å². The van der Waals surface area contributed by atoms with Gasteiger partial charge >= 0.3 is 0 Å². The third-order valence-electron chi connectivity index (χ3n) is 3.32. The van der Waals surface area contributed by atoms with Crippen molar-refractivity contribution in [3.63, 3.8) is 0 Å². The van der Waals surface area contributed by atoms with Crippen LogP contribution in [0.1, 0.15) is 18.9 Å². The number of aromatic nitrogens is 2. The van der Waals surface area contributed by atoms with Crippen molar-refractivity contribution in [2.45, 2.75) is 13.0 Å². The van der Waals surface area contributed by atoms with Crippen LogP contribution in [0.2, 0.25) is 0 Å². The molecule has 0 aliphatic heterocycles. The van der Waals surface area contributed by atoms with Gasteiger partial charge in [-0.25, -0.2) is 0 Å². The van der Waals surface area contributed by atoms with E-state index >= 15 is 0 Å². The Balaban J connectivity index is 1.78. The van der Waals surface area contributed by atoms with Gasteiger partial charge in [0.25, 0.3) is 5.89 Å². The molecule has 3 rings (SSSR count). The molecule has 2 aromatic heterocycles. The van der Waals surface area contributed by atoms with E-state index < -0.39 is 0 Å². The predicted molar refractivity (Wildman–Crippen MR) is 89.2 cm³/mol. The van der Waals surface area contributed by atoms with Crippen LogP contribution in [0.3, 0.4) is 0 Å². The molecule has 7 heteroatoms. The molecule has 3 aromatic rings. The van der Waals surface area contributed by atoms with Gasteiger partial charge < -0.3 is 19.2 Å². The molecule has 0 spiro atoms. The maximum Gasteiger partial charge on any atom is 0.257 e. The summed E-state index contributed by atoms with van der Waals surface area (Å²) in [4.78, 5) is 0.956. The monoisotopic (exact) mass is 331 g/mol. The van der Waals surface area contributed by atoms with Crippen LogP contribution in [0.4, 0.5) is 5.69 Å². The van der Waals surface area contributed by atoms with Crippen LogP contribution >= 0.6 is 11.3 Å². The van der Waals surface area contributed by atoms with Crippen LogP contribution < -0.4 is 14.8 Å². The largest absolute Gasteiger partial charge is 0.497 e. The van der Waals surface area contributed by atoms with Crippen molar-refractivity contribution in [3.8, 4) is 22.3 Å². The van der Waals surface area contributed by atoms with Gasteiger partial charge in [-0.3, -0.25) is 0 Å². The Morgan fingerprint density at radius 3 is 2.74 bits per heavy atom. The predicted octanol–water partition coefficient (Wildman–Crippen LogP) is 3.99. The zero-order valence-electron chi connectivity index (χ0n) is 13.1. The summed E-state index contributed by atoms with van der Waals surface area (Å²) < 4.78 is 16.3. The van der Waals surface area contributed by atoms with Crippen molar-refractivity contribution in [2.24, 2.45) is 0 Å². The first kappa shape index (κ1) is 15.4. The van der Waals surface area contributed by atoms with E-state index in [-0.39, 0.29) is 6.04 Å². The highest BCUT2D eigenvalue weighted by Gasteiger charge is 2.17. The van der Waals surface area contributed by atoms with Crippen molar-refractivity contribution in [1.82, 2.24) is 10.2 Å². The molecule has 1 N–H and O–H groups in total. The summed E-state index contributed by atoms with van der Waals surface area (Å²) in [5, 5.41) is 13.5. The number of nitrogens with zero attached hydrogens (tertiary/aromatic N) is 2. The Labute approximate surface area is 138 Å². The maximum absolute atomic E-state index is 5.74. The first-order chi connectivity index (χ1) is 11.2. The number of thiophene rings is 1. The summed E-state index contributed by atoms with van der Waals surface area (Å²) in [7, 11) is 3.24. The van der Waals surface area contributed by atoms with Gasteiger partial charge in [0.1, 0.15) is 17.5 Å². The van der Waals surface area contributed by atoms with Crippen molar-refractivity contribution >= 4 is 17.0 Å². The number of rotatable bonds is 6. The molecule has 0 aliphatic rings. The van der Waals surface area contributed by atoms with E-state index in [0.717, 1.165) is 16.3 Å². The number of hydrogen-bond acceptors (Lipinski definition) is 7. The Morgan fingerprint density at radius 1 is 1.17 bits per heavy atom. The number of hydrogen-bond donors (Lipinski definition) is 1. The third-order valence-corrected chi connectivity index (χ3v) is 4.18. The fraction of sp³-hybridized carbons (Fsp3) is 0.250. The average Bonchev–Trinajstić information content (AvgIpc) is 3.26. The molecule has 0 radical (unpaired) electrons. The highest BCUT2D eigenvalue weighted by Crippen LogP contribution is 2.32. The Bertz CT molecular complexity index is 771. The third kappa shape index (κ3) is 3.29. The molecular formula is C16H17N3O3S. The van der Waals surface area contributed by atoms with Crippen LogP contribution in [0, 0.1) is 0 Å². The van der Waals surface area contributed by atoms with Gasteiger partial charge in [-0.15, -0.1) is 21.5 Å². The quantitative estimate of drug-likeness (QED) is 0.736. The molecule has 23 heavy (non-hydrogen) atoms. The normalized spacial score (nSPS) is 12.0. The lowest BCUT2D eigenvalue weighted by atomic mass is 10.2. The lowest BCUT2D eigenvalue weighted by molar-refractivity contribution is 0.395. The molecule has 0 aliphatic carbocycles. The molecule has 0 fully saturated rings. The zero-order chi connectivity index (χ0) is 16.2. The molecule has 6 nitrogen and oxygen atoms in total. The highest BCUT2D eigenvalue weighted by atomic mass is 32.1. The molecule has 0 saturated heterocycles. The second-order valence-electron chi connectivity index (χ2n) is 4.85. The fourth-order valence-corrected chi connectivity index (χ4v) is 2.77. The van der Waals surface area contributed by atoms with E-state index in [1.807, 2.05) is 42.6 Å². The van der Waals surface area contributed by atoms with Gasteiger partial charge in [0.05, 0.1) is 24.8 Å². The minimum atomic E-state index is -0.154. The lowest BCUT2D eigenvalue weighted by Gasteiger charge is -2.15. The summed E-state index contributed by atoms with van der Waals surface area (Å²) in [6, 6.07) is 9.33. The SMILES string of the molecule is COc1ccc(N[C@@H](C)c2nnc(-c3cccs3)o2)c(OC)c1. The second kappa shape index (κ2) is 6.70. The Kier molecular flexibility index (Phi) is 4.47. The van der Waals surface area contributed by atoms with Crippen LogP contribution in [0.25, 0.3) is 10.8 Å². The van der Waals surface area contributed by atoms with E-state index in [4.69, 9.17) is 13.9 Å². The maximum atomic E-state index is 5.74. The van der Waals surface area contributed by atoms with E-state index in [1.54, 1.807) is 25.6 Å². The second-order valence-corrected chi connectivity index (χ2v) is 5.80. The minimum Gasteiger partial charge on any atom is -0.497 e. The van der Waals surface area contributed by atoms with Gasteiger partial charge in [-0.1, -0.05) is 6.07 Å². The van der Waals surface area contributed by atoms with Gasteiger partial charge in [-0.2, -0.15) is 0 Å². The first-order valence-electron chi connectivity index (χ1n) is 7.07. The standard InChI is InChI=1S/C16H17N3O3S/c1-10(15-18-19-16(22-15)14-5-4-8-23-14)17-12-7-6-11(20-2)9-13(12)21-3/h4-10,17H,1-3H3/t10-/m0/s1. The Hall–Kier alpha value is -2.54. The van der Waals surface area contributed by atoms with E-state index in [1.165, 1.54) is 0 Å². The molecule has 1 aromatic carbocycles. The summed E-state index contributed by atoms with van der Waals surface area (Å²) in [5.41, 5.74) is 0.830. The van der Waals surface area contributed by atoms with E-state index in [2.05, 4.69) is 15.5 Å². The smallest absolute Gasteiger partial charge is 0.257 e. The van der Waals surface area contributed by atoms with Crippen molar-refractivity contribution in [1.29, 1.82) is 0 Å². The highest BCUT2D eigenvalue weighted by molar-refractivity contribution is 7.13.